The van der Waals surface area contributed by atoms with Gasteiger partial charge in [-0.2, -0.15) is 0 Å². The molecular weight excluding hydrogens is 274 g/mol. The van der Waals surface area contributed by atoms with Gasteiger partial charge < -0.3 is 4.74 Å². The molecule has 1 saturated heterocycles. The van der Waals surface area contributed by atoms with Crippen LogP contribution in [0, 0.1) is 0 Å². The number of benzene rings is 1. The lowest BCUT2D eigenvalue weighted by atomic mass is 10.2. The van der Waals surface area contributed by atoms with Crippen molar-refractivity contribution in [2.75, 3.05) is 13.2 Å². The predicted octanol–water partition coefficient (Wildman–Crippen LogP) is 3.31. The highest BCUT2D eigenvalue weighted by Gasteiger charge is 2.33. The monoisotopic (exact) mass is 289 g/mol. The zero-order chi connectivity index (χ0) is 14.5. The van der Waals surface area contributed by atoms with Gasteiger partial charge in [0.15, 0.2) is 0 Å². The van der Waals surface area contributed by atoms with Crippen molar-refractivity contribution in [3.63, 3.8) is 0 Å². The molecule has 0 atom stereocenters. The van der Waals surface area contributed by atoms with Crippen molar-refractivity contribution in [3.8, 4) is 5.75 Å². The second-order valence-corrected chi connectivity index (χ2v) is 5.06. The minimum absolute atomic E-state index is 0.228. The highest BCUT2D eigenvalue weighted by Crippen LogP contribution is 2.33. The number of hydrogen-bond acceptors (Lipinski definition) is 4. The van der Waals surface area contributed by atoms with Gasteiger partial charge in [0.2, 0.25) is 0 Å². The SMILES string of the molecule is C=CCOc1ccccc1/C=C1\SC(=O)N(CC)C1=O. The maximum atomic E-state index is 12.0. The standard InChI is InChI=1S/C15H15NO3S/c1-3-9-19-12-8-6-5-7-11(12)10-13-14(17)16(4-2)15(18)20-13/h3,5-8,10H,1,4,9H2,2H3/b13-10-. The van der Waals surface area contributed by atoms with Crippen molar-refractivity contribution in [2.24, 2.45) is 0 Å². The fourth-order valence-electron chi connectivity index (χ4n) is 1.79. The molecule has 104 valence electrons. The Hall–Kier alpha value is -2.01. The van der Waals surface area contributed by atoms with Crippen molar-refractivity contribution < 1.29 is 14.3 Å². The smallest absolute Gasteiger partial charge is 0.293 e. The first-order chi connectivity index (χ1) is 9.67. The summed E-state index contributed by atoms with van der Waals surface area (Å²) in [6.45, 7) is 6.16. The van der Waals surface area contributed by atoms with Crippen LogP contribution in [0.25, 0.3) is 6.08 Å². The summed E-state index contributed by atoms with van der Waals surface area (Å²) in [5.41, 5.74) is 0.774. The quantitative estimate of drug-likeness (QED) is 0.616. The number of nitrogens with zero attached hydrogens (tertiary/aromatic N) is 1. The van der Waals surface area contributed by atoms with Crippen molar-refractivity contribution in [1.29, 1.82) is 0 Å². The molecule has 2 rings (SSSR count). The van der Waals surface area contributed by atoms with Gasteiger partial charge in [-0.05, 0) is 30.8 Å². The summed E-state index contributed by atoms with van der Waals surface area (Å²) < 4.78 is 5.53. The summed E-state index contributed by atoms with van der Waals surface area (Å²) in [7, 11) is 0. The summed E-state index contributed by atoms with van der Waals surface area (Å²) in [6.07, 6.45) is 3.35. The van der Waals surface area contributed by atoms with Crippen LogP contribution in [-0.4, -0.2) is 29.2 Å². The Labute approximate surface area is 122 Å². The largest absolute Gasteiger partial charge is 0.489 e. The molecule has 0 radical (unpaired) electrons. The third kappa shape index (κ3) is 2.93. The topological polar surface area (TPSA) is 46.6 Å². The third-order valence-electron chi connectivity index (χ3n) is 2.75. The molecule has 0 bridgehead atoms. The molecule has 0 aromatic heterocycles. The van der Waals surface area contributed by atoms with E-state index in [9.17, 15) is 9.59 Å². The van der Waals surface area contributed by atoms with Crippen molar-refractivity contribution in [2.45, 2.75) is 6.92 Å². The molecule has 1 aliphatic rings. The number of carbonyl (C=O) groups excluding carboxylic acids is 2. The van der Waals surface area contributed by atoms with Crippen LogP contribution in [0.4, 0.5) is 4.79 Å². The fraction of sp³-hybridized carbons (Fsp3) is 0.200. The third-order valence-corrected chi connectivity index (χ3v) is 3.66. The Morgan fingerprint density at radius 2 is 2.10 bits per heavy atom. The Bertz CT molecular complexity index is 580. The van der Waals surface area contributed by atoms with E-state index in [0.29, 0.717) is 23.8 Å². The van der Waals surface area contributed by atoms with Crippen molar-refractivity contribution in [3.05, 3.63) is 47.4 Å². The van der Waals surface area contributed by atoms with Crippen LogP contribution in [0.15, 0.2) is 41.8 Å². The molecule has 1 aliphatic heterocycles. The molecule has 4 nitrogen and oxygen atoms in total. The van der Waals surface area contributed by atoms with E-state index in [4.69, 9.17) is 4.74 Å². The minimum Gasteiger partial charge on any atom is -0.489 e. The highest BCUT2D eigenvalue weighted by atomic mass is 32.2. The van der Waals surface area contributed by atoms with E-state index >= 15 is 0 Å². The zero-order valence-electron chi connectivity index (χ0n) is 11.2. The number of hydrogen-bond donors (Lipinski definition) is 0. The molecule has 0 spiro atoms. The number of rotatable bonds is 5. The molecule has 0 saturated carbocycles. The van der Waals surface area contributed by atoms with Gasteiger partial charge in [0.1, 0.15) is 12.4 Å². The number of ether oxygens (including phenoxy) is 1. The first-order valence-corrected chi connectivity index (χ1v) is 7.07. The van der Waals surface area contributed by atoms with Gasteiger partial charge in [-0.3, -0.25) is 14.5 Å². The van der Waals surface area contributed by atoms with E-state index < -0.39 is 0 Å². The zero-order valence-corrected chi connectivity index (χ0v) is 12.0. The van der Waals surface area contributed by atoms with Crippen LogP contribution in [-0.2, 0) is 4.79 Å². The van der Waals surface area contributed by atoms with Gasteiger partial charge in [0, 0.05) is 12.1 Å². The second kappa shape index (κ2) is 6.43. The molecular formula is C15H15NO3S. The molecule has 1 fully saturated rings. The van der Waals surface area contributed by atoms with E-state index in [-0.39, 0.29) is 11.1 Å². The second-order valence-electron chi connectivity index (χ2n) is 4.06. The summed E-state index contributed by atoms with van der Waals surface area (Å²) in [4.78, 5) is 25.3. The average molecular weight is 289 g/mol. The van der Waals surface area contributed by atoms with Crippen molar-refractivity contribution >= 4 is 29.0 Å². The van der Waals surface area contributed by atoms with E-state index in [1.54, 1.807) is 19.1 Å². The Balaban J connectivity index is 2.29. The summed E-state index contributed by atoms with van der Waals surface area (Å²) in [5.74, 6) is 0.414. The maximum Gasteiger partial charge on any atom is 0.293 e. The van der Waals surface area contributed by atoms with Gasteiger partial charge >= 0.3 is 0 Å². The number of thioether (sulfide) groups is 1. The fourth-order valence-corrected chi connectivity index (χ4v) is 2.69. The molecule has 5 heteroatoms. The van der Waals surface area contributed by atoms with Crippen LogP contribution < -0.4 is 4.74 Å². The molecule has 0 aliphatic carbocycles. The number of likely N-dealkylation sites (N-methyl/N-ethyl adjacent to an activating group) is 1. The van der Waals surface area contributed by atoms with Crippen LogP contribution >= 0.6 is 11.8 Å². The summed E-state index contributed by atoms with van der Waals surface area (Å²) in [6, 6.07) is 7.38. The average Bonchev–Trinajstić information content (AvgIpc) is 2.72. The van der Waals surface area contributed by atoms with Gasteiger partial charge in [-0.15, -0.1) is 0 Å². The van der Waals surface area contributed by atoms with Crippen molar-refractivity contribution in [1.82, 2.24) is 4.90 Å². The van der Waals surface area contributed by atoms with Gasteiger partial charge in [0.25, 0.3) is 11.1 Å². The number of amides is 2. The lowest BCUT2D eigenvalue weighted by molar-refractivity contribution is -0.122. The number of imide groups is 1. The van der Waals surface area contributed by atoms with E-state index in [1.165, 1.54) is 4.90 Å². The maximum absolute atomic E-state index is 12.0. The number of para-hydroxylation sites is 1. The van der Waals surface area contributed by atoms with Crippen LogP contribution in [0.2, 0.25) is 0 Å². The van der Waals surface area contributed by atoms with Crippen LogP contribution in [0.3, 0.4) is 0 Å². The number of carbonyl (C=O) groups is 2. The lowest BCUT2D eigenvalue weighted by Gasteiger charge is -2.08. The first kappa shape index (κ1) is 14.4. The van der Waals surface area contributed by atoms with E-state index in [2.05, 4.69) is 6.58 Å². The molecule has 2 amide bonds. The summed E-state index contributed by atoms with van der Waals surface area (Å²) in [5, 5.41) is -0.228. The molecule has 20 heavy (non-hydrogen) atoms. The minimum atomic E-state index is -0.249. The molecule has 0 unspecified atom stereocenters. The molecule has 0 N–H and O–H groups in total. The predicted molar refractivity (Wildman–Crippen MR) is 80.5 cm³/mol. The first-order valence-electron chi connectivity index (χ1n) is 6.25. The van der Waals surface area contributed by atoms with Gasteiger partial charge in [-0.25, -0.2) is 0 Å². The highest BCUT2D eigenvalue weighted by molar-refractivity contribution is 8.18. The Kier molecular flexibility index (Phi) is 4.63. The molecule has 1 heterocycles. The normalized spacial score (nSPS) is 16.9. The summed E-state index contributed by atoms with van der Waals surface area (Å²) >= 11 is 0.957. The molecule has 1 aromatic carbocycles. The lowest BCUT2D eigenvalue weighted by Crippen LogP contribution is -2.27. The van der Waals surface area contributed by atoms with E-state index in [1.807, 2.05) is 24.3 Å². The molecule has 1 aromatic rings. The van der Waals surface area contributed by atoms with Crippen LogP contribution in [0.1, 0.15) is 12.5 Å². The van der Waals surface area contributed by atoms with Crippen LogP contribution in [0.5, 0.6) is 5.75 Å². The van der Waals surface area contributed by atoms with Gasteiger partial charge in [0.05, 0.1) is 4.91 Å². The Morgan fingerprint density at radius 1 is 1.35 bits per heavy atom. The Morgan fingerprint density at radius 3 is 2.75 bits per heavy atom. The van der Waals surface area contributed by atoms with Gasteiger partial charge in [-0.1, -0.05) is 30.9 Å². The van der Waals surface area contributed by atoms with E-state index in [0.717, 1.165) is 17.3 Å².